The number of nitrogens with zero attached hydrogens (tertiary/aromatic N) is 1. The summed E-state index contributed by atoms with van der Waals surface area (Å²) in [4.78, 5) is 12.4. The number of carbonyl (C=O) groups excluding carboxylic acids is 1. The van der Waals surface area contributed by atoms with Gasteiger partial charge in [0.2, 0.25) is 0 Å². The molecular weight excluding hydrogens is 436 g/mol. The average Bonchev–Trinajstić information content (AvgIpc) is 3.24. The predicted molar refractivity (Wildman–Crippen MR) is 112 cm³/mol. The third-order valence-electron chi connectivity index (χ3n) is 4.38. The molecule has 0 bridgehead atoms. The Labute approximate surface area is 178 Å². The number of amides is 1. The zero-order valence-electron chi connectivity index (χ0n) is 16.0. The van der Waals surface area contributed by atoms with Crippen LogP contribution in [0.5, 0.6) is 11.5 Å². The van der Waals surface area contributed by atoms with Gasteiger partial charge in [0, 0.05) is 6.61 Å². The molecule has 1 aliphatic rings. The molecule has 1 saturated heterocycles. The molecular formula is C22H21BrN2O4. The largest absolute Gasteiger partial charge is 0.493 e. The van der Waals surface area contributed by atoms with E-state index < -0.39 is 5.91 Å². The Balaban J connectivity index is 1.78. The van der Waals surface area contributed by atoms with Gasteiger partial charge in [-0.2, -0.15) is 5.26 Å². The fourth-order valence-corrected chi connectivity index (χ4v) is 3.50. The number of benzene rings is 2. The lowest BCUT2D eigenvalue weighted by Gasteiger charge is -2.14. The van der Waals surface area contributed by atoms with Crippen molar-refractivity contribution in [2.45, 2.75) is 25.7 Å². The van der Waals surface area contributed by atoms with E-state index in [1.54, 1.807) is 19.2 Å². The maximum Gasteiger partial charge on any atom is 0.263 e. The number of halogens is 1. The van der Waals surface area contributed by atoms with E-state index in [0.29, 0.717) is 34.7 Å². The highest BCUT2D eigenvalue weighted by Gasteiger charge is 2.20. The highest BCUT2D eigenvalue weighted by atomic mass is 79.9. The van der Waals surface area contributed by atoms with Crippen LogP contribution in [0.25, 0.3) is 6.08 Å². The Morgan fingerprint density at radius 1 is 1.38 bits per heavy atom. The quantitative estimate of drug-likeness (QED) is 0.498. The summed E-state index contributed by atoms with van der Waals surface area (Å²) < 4.78 is 17.4. The van der Waals surface area contributed by atoms with Crippen molar-refractivity contribution in [3.8, 4) is 17.6 Å². The molecule has 7 heteroatoms. The Kier molecular flexibility index (Phi) is 7.28. The molecule has 150 valence electrons. The zero-order chi connectivity index (χ0) is 20.6. The lowest BCUT2D eigenvalue weighted by atomic mass is 10.1. The summed E-state index contributed by atoms with van der Waals surface area (Å²) in [6.07, 6.45) is 2.82. The Morgan fingerprint density at radius 3 is 2.83 bits per heavy atom. The third-order valence-corrected chi connectivity index (χ3v) is 4.96. The SMILES string of the molecule is COc1cc(C=C(C#N)C(=O)NC2CCCO2)cc(Br)c1OCc1ccccc1. The normalized spacial score (nSPS) is 16.2. The number of ether oxygens (including phenoxy) is 3. The standard InChI is InChI=1S/C22H21BrN2O4/c1-27-19-12-16(10-17(13-24)22(26)25-20-8-5-9-28-20)11-18(23)21(19)29-14-15-6-3-2-4-7-15/h2-4,6-7,10-12,20H,5,8-9,14H2,1H3,(H,25,26). The van der Waals surface area contributed by atoms with Crippen molar-refractivity contribution in [3.63, 3.8) is 0 Å². The molecule has 1 N–H and O–H groups in total. The van der Waals surface area contributed by atoms with Gasteiger partial charge >= 0.3 is 0 Å². The van der Waals surface area contributed by atoms with Crippen LogP contribution in [0.2, 0.25) is 0 Å². The van der Waals surface area contributed by atoms with E-state index in [9.17, 15) is 10.1 Å². The van der Waals surface area contributed by atoms with Gasteiger partial charge in [0.15, 0.2) is 11.5 Å². The molecule has 1 aliphatic heterocycles. The second-order valence-electron chi connectivity index (χ2n) is 6.45. The minimum absolute atomic E-state index is 0.00703. The van der Waals surface area contributed by atoms with Crippen LogP contribution in [0.1, 0.15) is 24.0 Å². The molecule has 1 amide bonds. The van der Waals surface area contributed by atoms with Gasteiger partial charge in [-0.3, -0.25) is 4.79 Å². The summed E-state index contributed by atoms with van der Waals surface area (Å²) >= 11 is 3.49. The number of hydrogen-bond acceptors (Lipinski definition) is 5. The van der Waals surface area contributed by atoms with Gasteiger partial charge in [-0.15, -0.1) is 0 Å². The van der Waals surface area contributed by atoms with E-state index in [0.717, 1.165) is 18.4 Å². The van der Waals surface area contributed by atoms with Crippen molar-refractivity contribution >= 4 is 27.9 Å². The number of nitrogens with one attached hydrogen (secondary N) is 1. The van der Waals surface area contributed by atoms with Crippen molar-refractivity contribution in [2.75, 3.05) is 13.7 Å². The highest BCUT2D eigenvalue weighted by Crippen LogP contribution is 2.37. The van der Waals surface area contributed by atoms with Gasteiger partial charge in [-0.25, -0.2) is 0 Å². The van der Waals surface area contributed by atoms with Crippen LogP contribution >= 0.6 is 15.9 Å². The molecule has 2 aromatic carbocycles. The van der Waals surface area contributed by atoms with Gasteiger partial charge in [0.25, 0.3) is 5.91 Å². The summed E-state index contributed by atoms with van der Waals surface area (Å²) in [5.41, 5.74) is 1.66. The minimum Gasteiger partial charge on any atom is -0.493 e. The zero-order valence-corrected chi connectivity index (χ0v) is 17.6. The Morgan fingerprint density at radius 2 is 2.17 bits per heavy atom. The Bertz CT molecular complexity index is 932. The first-order valence-electron chi connectivity index (χ1n) is 9.19. The number of hydrogen-bond donors (Lipinski definition) is 1. The monoisotopic (exact) mass is 456 g/mol. The first kappa shape index (κ1) is 20.9. The van der Waals surface area contributed by atoms with Gasteiger partial charge < -0.3 is 19.5 Å². The molecule has 0 saturated carbocycles. The number of carbonyl (C=O) groups is 1. The summed E-state index contributed by atoms with van der Waals surface area (Å²) in [7, 11) is 1.54. The lowest BCUT2D eigenvalue weighted by Crippen LogP contribution is -2.34. The molecule has 1 atom stereocenters. The van der Waals surface area contributed by atoms with Crippen molar-refractivity contribution in [1.82, 2.24) is 5.32 Å². The van der Waals surface area contributed by atoms with Crippen molar-refractivity contribution in [1.29, 1.82) is 5.26 Å². The molecule has 1 heterocycles. The molecule has 0 radical (unpaired) electrons. The fraction of sp³-hybridized carbons (Fsp3) is 0.273. The van der Waals surface area contributed by atoms with Crippen LogP contribution in [0.3, 0.4) is 0 Å². The van der Waals surface area contributed by atoms with Crippen molar-refractivity contribution in [3.05, 3.63) is 63.6 Å². The van der Waals surface area contributed by atoms with Gasteiger partial charge in [0.1, 0.15) is 24.5 Å². The first-order chi connectivity index (χ1) is 14.1. The first-order valence-corrected chi connectivity index (χ1v) is 9.98. The molecule has 6 nitrogen and oxygen atoms in total. The van der Waals surface area contributed by atoms with Crippen LogP contribution in [0, 0.1) is 11.3 Å². The van der Waals surface area contributed by atoms with Crippen LogP contribution in [-0.2, 0) is 16.1 Å². The van der Waals surface area contributed by atoms with Crippen molar-refractivity contribution in [2.24, 2.45) is 0 Å². The summed E-state index contributed by atoms with van der Waals surface area (Å²) in [6, 6.07) is 15.2. The van der Waals surface area contributed by atoms with E-state index >= 15 is 0 Å². The average molecular weight is 457 g/mol. The van der Waals surface area contributed by atoms with Crippen LogP contribution in [0.4, 0.5) is 0 Å². The van der Waals surface area contributed by atoms with Crippen LogP contribution in [0.15, 0.2) is 52.5 Å². The highest BCUT2D eigenvalue weighted by molar-refractivity contribution is 9.10. The molecule has 2 aromatic rings. The van der Waals surface area contributed by atoms with Crippen LogP contribution < -0.4 is 14.8 Å². The third kappa shape index (κ3) is 5.59. The number of methoxy groups -OCH3 is 1. The number of nitriles is 1. The van der Waals surface area contributed by atoms with E-state index in [1.807, 2.05) is 36.4 Å². The number of rotatable bonds is 7. The minimum atomic E-state index is -0.459. The van der Waals surface area contributed by atoms with Crippen molar-refractivity contribution < 1.29 is 19.0 Å². The Hall–Kier alpha value is -2.82. The second kappa shape index (κ2) is 10.1. The second-order valence-corrected chi connectivity index (χ2v) is 7.31. The van der Waals surface area contributed by atoms with E-state index in [1.165, 1.54) is 6.08 Å². The fourth-order valence-electron chi connectivity index (χ4n) is 2.92. The van der Waals surface area contributed by atoms with Gasteiger partial charge in [0.05, 0.1) is 11.6 Å². The summed E-state index contributed by atoms with van der Waals surface area (Å²) in [6.45, 7) is 1.00. The molecule has 0 aromatic heterocycles. The molecule has 29 heavy (non-hydrogen) atoms. The molecule has 1 fully saturated rings. The van der Waals surface area contributed by atoms with E-state index in [4.69, 9.17) is 14.2 Å². The maximum atomic E-state index is 12.4. The maximum absolute atomic E-state index is 12.4. The van der Waals surface area contributed by atoms with Gasteiger partial charge in [-0.05, 0) is 58.1 Å². The lowest BCUT2D eigenvalue weighted by molar-refractivity contribution is -0.120. The van der Waals surface area contributed by atoms with E-state index in [2.05, 4.69) is 21.2 Å². The van der Waals surface area contributed by atoms with Gasteiger partial charge in [-0.1, -0.05) is 30.3 Å². The topological polar surface area (TPSA) is 80.6 Å². The summed E-state index contributed by atoms with van der Waals surface area (Å²) in [5.74, 6) is 0.591. The molecule has 0 spiro atoms. The molecule has 3 rings (SSSR count). The molecule has 1 unspecified atom stereocenters. The predicted octanol–water partition coefficient (Wildman–Crippen LogP) is 4.20. The summed E-state index contributed by atoms with van der Waals surface area (Å²) in [5, 5.41) is 12.1. The van der Waals surface area contributed by atoms with Crippen LogP contribution in [-0.4, -0.2) is 25.9 Å². The molecule has 0 aliphatic carbocycles. The smallest absolute Gasteiger partial charge is 0.263 e. The van der Waals surface area contributed by atoms with E-state index in [-0.39, 0.29) is 11.8 Å².